The van der Waals surface area contributed by atoms with Crippen LogP contribution in [-0.4, -0.2) is 22.7 Å². The van der Waals surface area contributed by atoms with Crippen molar-refractivity contribution < 1.29 is 4.79 Å². The molecule has 80 valence electrons. The van der Waals surface area contributed by atoms with Crippen LogP contribution in [0.5, 0.6) is 0 Å². The van der Waals surface area contributed by atoms with Gasteiger partial charge in [-0.15, -0.1) is 11.8 Å². The number of anilines is 1. The molecule has 2 rings (SSSR count). The van der Waals surface area contributed by atoms with Crippen LogP contribution in [0.25, 0.3) is 0 Å². The summed E-state index contributed by atoms with van der Waals surface area (Å²) in [5, 5.41) is 2.93. The zero-order valence-electron chi connectivity index (χ0n) is 8.27. The number of rotatable bonds is 3. The first-order valence-electron chi connectivity index (χ1n) is 4.87. The number of thioether (sulfide) groups is 1. The Labute approximate surface area is 92.6 Å². The first kappa shape index (κ1) is 10.3. The van der Waals surface area contributed by atoms with Crippen LogP contribution in [-0.2, 0) is 4.79 Å². The van der Waals surface area contributed by atoms with E-state index in [0.29, 0.717) is 12.1 Å². The van der Waals surface area contributed by atoms with Crippen LogP contribution >= 0.6 is 11.8 Å². The molecule has 1 atom stereocenters. The number of nitrogen functional groups attached to an aromatic ring is 1. The molecule has 0 radical (unpaired) electrons. The Morgan fingerprint density at radius 3 is 3.20 bits per heavy atom. The third kappa shape index (κ3) is 2.62. The molecular weight excluding hydrogens is 210 g/mol. The maximum Gasteiger partial charge on any atom is 0.220 e. The molecular formula is C10H13N3OS. The molecule has 0 spiro atoms. The van der Waals surface area contributed by atoms with Crippen molar-refractivity contribution in [2.24, 2.45) is 0 Å². The number of pyridine rings is 1. The van der Waals surface area contributed by atoms with Crippen molar-refractivity contribution in [2.45, 2.75) is 23.8 Å². The van der Waals surface area contributed by atoms with E-state index in [1.54, 1.807) is 24.2 Å². The van der Waals surface area contributed by atoms with Crippen LogP contribution in [0, 0.1) is 0 Å². The highest BCUT2D eigenvalue weighted by atomic mass is 32.2. The smallest absolute Gasteiger partial charge is 0.220 e. The normalized spacial score (nSPS) is 20.3. The van der Waals surface area contributed by atoms with E-state index < -0.39 is 0 Å². The number of hydrogen-bond donors (Lipinski definition) is 2. The Balaban J connectivity index is 1.88. The van der Waals surface area contributed by atoms with E-state index in [1.807, 2.05) is 6.07 Å². The maximum atomic E-state index is 11.0. The minimum atomic E-state index is 0.156. The lowest BCUT2D eigenvalue weighted by Gasteiger charge is -2.09. The SMILES string of the molecule is Nc1cnccc1SCC1CCC(=O)N1. The third-order valence-corrected chi connectivity index (χ3v) is 3.59. The molecule has 1 amide bonds. The van der Waals surface area contributed by atoms with Gasteiger partial charge in [0.15, 0.2) is 0 Å². The molecule has 1 aliphatic rings. The van der Waals surface area contributed by atoms with Gasteiger partial charge in [0.1, 0.15) is 0 Å². The highest BCUT2D eigenvalue weighted by molar-refractivity contribution is 7.99. The average Bonchev–Trinajstić information content (AvgIpc) is 2.63. The summed E-state index contributed by atoms with van der Waals surface area (Å²) >= 11 is 1.67. The molecule has 5 heteroatoms. The summed E-state index contributed by atoms with van der Waals surface area (Å²) in [4.78, 5) is 15.9. The minimum Gasteiger partial charge on any atom is -0.397 e. The number of nitrogens with one attached hydrogen (secondary N) is 1. The molecule has 15 heavy (non-hydrogen) atoms. The van der Waals surface area contributed by atoms with Crippen LogP contribution in [0.3, 0.4) is 0 Å². The van der Waals surface area contributed by atoms with Gasteiger partial charge < -0.3 is 11.1 Å². The van der Waals surface area contributed by atoms with Crippen molar-refractivity contribution in [2.75, 3.05) is 11.5 Å². The lowest BCUT2D eigenvalue weighted by molar-refractivity contribution is -0.119. The van der Waals surface area contributed by atoms with Crippen LogP contribution in [0.1, 0.15) is 12.8 Å². The predicted octanol–water partition coefficient (Wildman–Crippen LogP) is 1.03. The zero-order chi connectivity index (χ0) is 10.7. The van der Waals surface area contributed by atoms with E-state index in [-0.39, 0.29) is 11.9 Å². The summed E-state index contributed by atoms with van der Waals surface area (Å²) in [5.74, 6) is 1.03. The largest absolute Gasteiger partial charge is 0.397 e. The Kier molecular flexibility index (Phi) is 3.11. The number of nitrogens with zero attached hydrogens (tertiary/aromatic N) is 1. The first-order valence-corrected chi connectivity index (χ1v) is 5.86. The van der Waals surface area contributed by atoms with Crippen molar-refractivity contribution in [1.29, 1.82) is 0 Å². The molecule has 1 saturated heterocycles. The fraction of sp³-hybridized carbons (Fsp3) is 0.400. The number of carbonyl (C=O) groups is 1. The molecule has 0 aromatic carbocycles. The fourth-order valence-electron chi connectivity index (χ4n) is 1.52. The van der Waals surface area contributed by atoms with E-state index in [2.05, 4.69) is 10.3 Å². The lowest BCUT2D eigenvalue weighted by atomic mass is 10.2. The molecule has 1 fully saturated rings. The Bertz CT molecular complexity index is 369. The quantitative estimate of drug-likeness (QED) is 0.751. The van der Waals surface area contributed by atoms with Crippen LogP contribution < -0.4 is 11.1 Å². The molecule has 0 aliphatic carbocycles. The van der Waals surface area contributed by atoms with Crippen molar-refractivity contribution in [3.05, 3.63) is 18.5 Å². The summed E-state index contributed by atoms with van der Waals surface area (Å²) < 4.78 is 0. The number of carbonyl (C=O) groups excluding carboxylic acids is 1. The van der Waals surface area contributed by atoms with Crippen molar-refractivity contribution in [3.8, 4) is 0 Å². The third-order valence-electron chi connectivity index (χ3n) is 2.34. The van der Waals surface area contributed by atoms with Crippen LogP contribution in [0.2, 0.25) is 0 Å². The van der Waals surface area contributed by atoms with E-state index in [4.69, 9.17) is 5.73 Å². The number of hydrogen-bond acceptors (Lipinski definition) is 4. The van der Waals surface area contributed by atoms with Crippen molar-refractivity contribution >= 4 is 23.4 Å². The highest BCUT2D eigenvalue weighted by Gasteiger charge is 2.20. The lowest BCUT2D eigenvalue weighted by Crippen LogP contribution is -2.27. The predicted molar refractivity (Wildman–Crippen MR) is 60.5 cm³/mol. The van der Waals surface area contributed by atoms with Gasteiger partial charge in [0.25, 0.3) is 0 Å². The van der Waals surface area contributed by atoms with E-state index in [1.165, 1.54) is 0 Å². The van der Waals surface area contributed by atoms with Gasteiger partial charge in [-0.25, -0.2) is 0 Å². The Hall–Kier alpha value is -1.23. The highest BCUT2D eigenvalue weighted by Crippen LogP contribution is 2.25. The summed E-state index contributed by atoms with van der Waals surface area (Å²) in [7, 11) is 0. The molecule has 2 heterocycles. The molecule has 1 aromatic heterocycles. The number of aromatic nitrogens is 1. The van der Waals surface area contributed by atoms with Crippen molar-refractivity contribution in [3.63, 3.8) is 0 Å². The van der Waals surface area contributed by atoms with E-state index in [0.717, 1.165) is 17.1 Å². The van der Waals surface area contributed by atoms with Gasteiger partial charge in [-0.1, -0.05) is 0 Å². The summed E-state index contributed by atoms with van der Waals surface area (Å²) in [5.41, 5.74) is 6.46. The number of nitrogens with two attached hydrogens (primary N) is 1. The van der Waals surface area contributed by atoms with Crippen LogP contribution in [0.4, 0.5) is 5.69 Å². The average molecular weight is 223 g/mol. The van der Waals surface area contributed by atoms with Crippen LogP contribution in [0.15, 0.2) is 23.4 Å². The second kappa shape index (κ2) is 4.53. The maximum absolute atomic E-state index is 11.0. The minimum absolute atomic E-state index is 0.156. The zero-order valence-corrected chi connectivity index (χ0v) is 9.09. The van der Waals surface area contributed by atoms with Gasteiger partial charge in [-0.2, -0.15) is 0 Å². The second-order valence-electron chi connectivity index (χ2n) is 3.53. The van der Waals surface area contributed by atoms with Gasteiger partial charge >= 0.3 is 0 Å². The summed E-state index contributed by atoms with van der Waals surface area (Å²) in [6.07, 6.45) is 4.95. The van der Waals surface area contributed by atoms with E-state index >= 15 is 0 Å². The molecule has 0 bridgehead atoms. The molecule has 4 nitrogen and oxygen atoms in total. The van der Waals surface area contributed by atoms with E-state index in [9.17, 15) is 4.79 Å². The number of amides is 1. The fourth-order valence-corrected chi connectivity index (χ4v) is 2.53. The van der Waals surface area contributed by atoms with Gasteiger partial charge in [-0.05, 0) is 12.5 Å². The van der Waals surface area contributed by atoms with Crippen molar-refractivity contribution in [1.82, 2.24) is 10.3 Å². The first-order chi connectivity index (χ1) is 7.25. The van der Waals surface area contributed by atoms with Gasteiger partial charge in [0.05, 0.1) is 11.9 Å². The summed E-state index contributed by atoms with van der Waals surface area (Å²) in [6, 6.07) is 2.19. The topological polar surface area (TPSA) is 68.0 Å². The van der Waals surface area contributed by atoms with Gasteiger partial charge in [0.2, 0.25) is 5.91 Å². The van der Waals surface area contributed by atoms with Gasteiger partial charge in [-0.3, -0.25) is 9.78 Å². The molecule has 1 aliphatic heterocycles. The molecule has 0 saturated carbocycles. The molecule has 3 N–H and O–H groups in total. The Morgan fingerprint density at radius 1 is 1.67 bits per heavy atom. The standard InChI is InChI=1S/C10H13N3OS/c11-8-5-12-4-3-9(8)15-6-7-1-2-10(14)13-7/h3-5,7H,1-2,6,11H2,(H,13,14). The Morgan fingerprint density at radius 2 is 2.53 bits per heavy atom. The summed E-state index contributed by atoms with van der Waals surface area (Å²) in [6.45, 7) is 0. The molecule has 1 aromatic rings. The second-order valence-corrected chi connectivity index (χ2v) is 4.59. The monoisotopic (exact) mass is 223 g/mol. The van der Waals surface area contributed by atoms with Gasteiger partial charge in [0, 0.05) is 29.3 Å². The molecule has 1 unspecified atom stereocenters.